The van der Waals surface area contributed by atoms with E-state index in [1.807, 2.05) is 65.9 Å². The highest BCUT2D eigenvalue weighted by Crippen LogP contribution is 2.34. The van der Waals surface area contributed by atoms with E-state index in [2.05, 4.69) is 10.3 Å². The van der Waals surface area contributed by atoms with Crippen LogP contribution in [0.4, 0.5) is 5.13 Å². The molecule has 3 aromatic rings. The SMILES string of the molecule is COc1ccc(OC)c(-c2csc(NC(=O)CN(C)Cc3ccccc3)n2)c1. The Balaban J connectivity index is 1.63. The molecule has 0 fully saturated rings. The van der Waals surface area contributed by atoms with Crippen LogP contribution in [0.15, 0.2) is 53.9 Å². The molecule has 28 heavy (non-hydrogen) atoms. The number of rotatable bonds is 8. The summed E-state index contributed by atoms with van der Waals surface area (Å²) in [5, 5.41) is 5.31. The van der Waals surface area contributed by atoms with E-state index in [1.165, 1.54) is 16.9 Å². The average Bonchev–Trinajstić information content (AvgIpc) is 3.16. The Kier molecular flexibility index (Phi) is 6.62. The monoisotopic (exact) mass is 397 g/mol. The smallest absolute Gasteiger partial charge is 0.240 e. The highest BCUT2D eigenvalue weighted by molar-refractivity contribution is 7.14. The second kappa shape index (κ2) is 9.34. The van der Waals surface area contributed by atoms with Crippen molar-refractivity contribution in [2.45, 2.75) is 6.54 Å². The number of ether oxygens (including phenoxy) is 2. The van der Waals surface area contributed by atoms with Gasteiger partial charge in [-0.3, -0.25) is 9.69 Å². The molecule has 0 unspecified atom stereocenters. The molecule has 1 amide bonds. The zero-order chi connectivity index (χ0) is 19.9. The summed E-state index contributed by atoms with van der Waals surface area (Å²) in [7, 11) is 5.15. The van der Waals surface area contributed by atoms with Gasteiger partial charge in [-0.15, -0.1) is 11.3 Å². The topological polar surface area (TPSA) is 63.7 Å². The molecule has 1 heterocycles. The van der Waals surface area contributed by atoms with Gasteiger partial charge in [0.15, 0.2) is 5.13 Å². The van der Waals surface area contributed by atoms with E-state index < -0.39 is 0 Å². The van der Waals surface area contributed by atoms with E-state index >= 15 is 0 Å². The fourth-order valence-electron chi connectivity index (χ4n) is 2.82. The maximum atomic E-state index is 12.4. The Morgan fingerprint density at radius 2 is 1.93 bits per heavy atom. The molecule has 1 N–H and O–H groups in total. The van der Waals surface area contributed by atoms with Gasteiger partial charge in [-0.1, -0.05) is 30.3 Å². The molecule has 0 radical (unpaired) electrons. The predicted octanol–water partition coefficient (Wildman–Crippen LogP) is 3.90. The summed E-state index contributed by atoms with van der Waals surface area (Å²) >= 11 is 1.38. The molecule has 0 aliphatic carbocycles. The number of amides is 1. The molecule has 1 aromatic heterocycles. The molecule has 0 atom stereocenters. The molecule has 146 valence electrons. The standard InChI is InChI=1S/C21H23N3O3S/c1-24(12-15-7-5-4-6-8-15)13-20(25)23-21-22-18(14-28-21)17-11-16(26-2)9-10-19(17)27-3/h4-11,14H,12-13H2,1-3H3,(H,22,23,25). The van der Waals surface area contributed by atoms with E-state index in [-0.39, 0.29) is 12.5 Å². The van der Waals surface area contributed by atoms with Crippen LogP contribution in [0.2, 0.25) is 0 Å². The molecule has 0 saturated heterocycles. The molecule has 2 aromatic carbocycles. The summed E-state index contributed by atoms with van der Waals surface area (Å²) in [4.78, 5) is 18.8. The first kappa shape index (κ1) is 19.9. The fraction of sp³-hybridized carbons (Fsp3) is 0.238. The average molecular weight is 398 g/mol. The number of carbonyl (C=O) groups excluding carboxylic acids is 1. The van der Waals surface area contributed by atoms with Gasteiger partial charge in [0.1, 0.15) is 11.5 Å². The summed E-state index contributed by atoms with van der Waals surface area (Å²) in [5.41, 5.74) is 2.72. The third-order valence-electron chi connectivity index (χ3n) is 4.14. The van der Waals surface area contributed by atoms with Gasteiger partial charge in [0.25, 0.3) is 0 Å². The Morgan fingerprint density at radius 3 is 2.64 bits per heavy atom. The second-order valence-corrected chi connectivity index (χ2v) is 7.17. The first-order valence-corrected chi connectivity index (χ1v) is 9.67. The molecule has 6 nitrogen and oxygen atoms in total. The highest BCUT2D eigenvalue weighted by Gasteiger charge is 2.14. The maximum absolute atomic E-state index is 12.4. The predicted molar refractivity (Wildman–Crippen MR) is 112 cm³/mol. The van der Waals surface area contributed by atoms with Crippen molar-refractivity contribution in [1.82, 2.24) is 9.88 Å². The van der Waals surface area contributed by atoms with Crippen LogP contribution in [-0.2, 0) is 11.3 Å². The van der Waals surface area contributed by atoms with Gasteiger partial charge in [0.2, 0.25) is 5.91 Å². The molecule has 0 spiro atoms. The van der Waals surface area contributed by atoms with Crippen molar-refractivity contribution >= 4 is 22.4 Å². The second-order valence-electron chi connectivity index (χ2n) is 6.31. The Hall–Kier alpha value is -2.90. The number of carbonyl (C=O) groups is 1. The number of benzene rings is 2. The van der Waals surface area contributed by atoms with Crippen LogP contribution in [0.25, 0.3) is 11.3 Å². The number of anilines is 1. The summed E-state index contributed by atoms with van der Waals surface area (Å²) in [5.74, 6) is 1.32. The zero-order valence-corrected chi connectivity index (χ0v) is 17.0. The van der Waals surface area contributed by atoms with Gasteiger partial charge >= 0.3 is 0 Å². The minimum absolute atomic E-state index is 0.100. The van der Waals surface area contributed by atoms with Crippen molar-refractivity contribution in [3.63, 3.8) is 0 Å². The van der Waals surface area contributed by atoms with Crippen LogP contribution in [0.3, 0.4) is 0 Å². The lowest BCUT2D eigenvalue weighted by Crippen LogP contribution is -2.29. The lowest BCUT2D eigenvalue weighted by atomic mass is 10.1. The van der Waals surface area contributed by atoms with Gasteiger partial charge in [-0.25, -0.2) is 4.98 Å². The number of methoxy groups -OCH3 is 2. The van der Waals surface area contributed by atoms with Crippen molar-refractivity contribution < 1.29 is 14.3 Å². The van der Waals surface area contributed by atoms with Crippen LogP contribution in [0, 0.1) is 0 Å². The number of hydrogen-bond donors (Lipinski definition) is 1. The quantitative estimate of drug-likeness (QED) is 0.625. The van der Waals surface area contributed by atoms with Crippen LogP contribution in [0.5, 0.6) is 11.5 Å². The fourth-order valence-corrected chi connectivity index (χ4v) is 3.55. The third kappa shape index (κ3) is 5.09. The minimum atomic E-state index is -0.100. The number of thiazole rings is 1. The molecule has 7 heteroatoms. The van der Waals surface area contributed by atoms with Crippen molar-refractivity contribution in [3.8, 4) is 22.8 Å². The van der Waals surface area contributed by atoms with Gasteiger partial charge in [-0.2, -0.15) is 0 Å². The zero-order valence-electron chi connectivity index (χ0n) is 16.1. The summed E-state index contributed by atoms with van der Waals surface area (Å²) in [6.45, 7) is 0.991. The number of likely N-dealkylation sites (N-methyl/N-ethyl adjacent to an activating group) is 1. The summed E-state index contributed by atoms with van der Waals surface area (Å²) in [6.07, 6.45) is 0. The molecular formula is C21H23N3O3S. The molecule has 0 bridgehead atoms. The number of hydrogen-bond acceptors (Lipinski definition) is 6. The van der Waals surface area contributed by atoms with Crippen molar-refractivity contribution in [1.29, 1.82) is 0 Å². The van der Waals surface area contributed by atoms with Gasteiger partial charge in [-0.05, 0) is 30.8 Å². The van der Waals surface area contributed by atoms with E-state index in [9.17, 15) is 4.79 Å². The molecule has 0 aliphatic heterocycles. The van der Waals surface area contributed by atoms with E-state index in [0.717, 1.165) is 17.0 Å². The Labute approximate surface area is 168 Å². The van der Waals surface area contributed by atoms with Gasteiger partial charge in [0.05, 0.1) is 26.5 Å². The lowest BCUT2D eigenvalue weighted by Gasteiger charge is -2.15. The lowest BCUT2D eigenvalue weighted by molar-refractivity contribution is -0.117. The number of nitrogens with zero attached hydrogens (tertiary/aromatic N) is 2. The minimum Gasteiger partial charge on any atom is -0.497 e. The van der Waals surface area contributed by atoms with Crippen LogP contribution >= 0.6 is 11.3 Å². The third-order valence-corrected chi connectivity index (χ3v) is 4.90. The Bertz CT molecular complexity index is 928. The van der Waals surface area contributed by atoms with Crippen molar-refractivity contribution in [2.75, 3.05) is 33.1 Å². The first-order valence-electron chi connectivity index (χ1n) is 8.79. The summed E-state index contributed by atoms with van der Waals surface area (Å²) < 4.78 is 10.7. The normalized spacial score (nSPS) is 10.7. The highest BCUT2D eigenvalue weighted by atomic mass is 32.1. The van der Waals surface area contributed by atoms with Crippen molar-refractivity contribution in [2.24, 2.45) is 0 Å². The Morgan fingerprint density at radius 1 is 1.14 bits per heavy atom. The summed E-state index contributed by atoms with van der Waals surface area (Å²) in [6, 6.07) is 15.6. The molecular weight excluding hydrogens is 374 g/mol. The van der Waals surface area contributed by atoms with Crippen LogP contribution in [0.1, 0.15) is 5.56 Å². The number of aromatic nitrogens is 1. The number of nitrogens with one attached hydrogen (secondary N) is 1. The van der Waals surface area contributed by atoms with Crippen molar-refractivity contribution in [3.05, 3.63) is 59.5 Å². The van der Waals surface area contributed by atoms with Gasteiger partial charge in [0, 0.05) is 17.5 Å². The first-order chi connectivity index (χ1) is 13.6. The van der Waals surface area contributed by atoms with Crippen LogP contribution in [-0.4, -0.2) is 43.6 Å². The molecule has 3 rings (SSSR count). The molecule has 0 saturated carbocycles. The van der Waals surface area contributed by atoms with E-state index in [1.54, 1.807) is 14.2 Å². The van der Waals surface area contributed by atoms with Gasteiger partial charge < -0.3 is 14.8 Å². The van der Waals surface area contributed by atoms with Crippen LogP contribution < -0.4 is 14.8 Å². The van der Waals surface area contributed by atoms with E-state index in [0.29, 0.717) is 17.4 Å². The maximum Gasteiger partial charge on any atom is 0.240 e. The molecule has 0 aliphatic rings. The van der Waals surface area contributed by atoms with E-state index in [4.69, 9.17) is 9.47 Å². The largest absolute Gasteiger partial charge is 0.497 e.